The molecule has 0 spiro atoms. The molecule has 15 rings (SSSR count). The average Bonchev–Trinajstić information content (AvgIpc) is 2.93. The number of para-hydroxylation sites is 3. The van der Waals surface area contributed by atoms with Crippen molar-refractivity contribution >= 4 is 88.4 Å². The van der Waals surface area contributed by atoms with Gasteiger partial charge in [-0.1, -0.05) is 203 Å². The summed E-state index contributed by atoms with van der Waals surface area (Å²) in [6.07, 6.45) is 13.0. The van der Waals surface area contributed by atoms with Crippen LogP contribution in [-0.2, 0) is 6.42 Å². The Balaban J connectivity index is 1.03. The van der Waals surface area contributed by atoms with Gasteiger partial charge < -0.3 is 19.3 Å². The number of hydrogen-bond acceptors (Lipinski definition) is 4. The van der Waals surface area contributed by atoms with Crippen LogP contribution < -0.4 is 9.80 Å². The summed E-state index contributed by atoms with van der Waals surface area (Å²) in [4.78, 5) is 4.93. The van der Waals surface area contributed by atoms with Crippen LogP contribution in [0.1, 0.15) is 116 Å². The maximum atomic E-state index is 13.2. The number of nitrogens with zero attached hydrogens (tertiary/aromatic N) is 2. The van der Waals surface area contributed by atoms with Crippen LogP contribution in [0.25, 0.3) is 87.6 Å². The maximum Gasteiger partial charge on any atom is 0.159 e. The Morgan fingerprint density at radius 1 is 0.388 bits per heavy atom. The van der Waals surface area contributed by atoms with Gasteiger partial charge in [0.25, 0.3) is 0 Å². The molecule has 418 valence electrons. The SMILES string of the molecule is CCc1cccc(N(c2cc(C3CCCCC3)c3ccc4c(N(c5cccc(C)c5)c5cccc(-c6cccc(-c7ccccc7C)c6)c5O)cc(C5CCCCC5)c5ccc2c3c54)c2cccc3c2oc2c(-c4ccccc4C)cccc23)c1. The van der Waals surface area contributed by atoms with E-state index < -0.39 is 0 Å². The number of furan rings is 1. The van der Waals surface area contributed by atoms with Crippen molar-refractivity contribution in [1.82, 2.24) is 0 Å². The van der Waals surface area contributed by atoms with Crippen molar-refractivity contribution in [1.29, 1.82) is 0 Å². The Bertz CT molecular complexity index is 4680. The van der Waals surface area contributed by atoms with Crippen molar-refractivity contribution < 1.29 is 9.52 Å². The predicted octanol–water partition coefficient (Wildman–Crippen LogP) is 23.7. The Morgan fingerprint density at radius 3 is 1.52 bits per heavy atom. The van der Waals surface area contributed by atoms with Crippen LogP contribution >= 0.6 is 0 Å². The molecule has 85 heavy (non-hydrogen) atoms. The fourth-order valence-electron chi connectivity index (χ4n) is 15.1. The number of phenolic OH excluding ortho intramolecular Hbond substituents is 1. The van der Waals surface area contributed by atoms with Crippen LogP contribution in [0.15, 0.2) is 217 Å². The van der Waals surface area contributed by atoms with E-state index in [9.17, 15) is 5.11 Å². The van der Waals surface area contributed by atoms with Crippen LogP contribution in [0.3, 0.4) is 0 Å². The quantitative estimate of drug-likeness (QED) is 0.124. The van der Waals surface area contributed by atoms with E-state index in [1.807, 2.05) is 0 Å². The standard InChI is InChI=1S/C81H72N2O2/c1-5-54-25-17-33-60(47-54)83(74-41-21-39-68-67-38-19-37-66(80(67)85-81(68)74)62-35-15-13-24-53(62)4)76-50-72(56-28-10-7-11-29-56)65-42-44-69-75(49-71(55-26-8-6-9-27-55)64-43-45-70(76)78(65)77(64)69)82(59-32-16-22-51(2)46-59)73-40-20-36-63(79(73)84)58-31-18-30-57(48-58)61-34-14-12-23-52(61)3/h12-25,30-50,55-56,84H,5-11,26-29H2,1-4H3. The number of aromatic hydroxyl groups is 1. The third-order valence-corrected chi connectivity index (χ3v) is 19.4. The Morgan fingerprint density at radius 2 is 0.882 bits per heavy atom. The van der Waals surface area contributed by atoms with Gasteiger partial charge in [0.15, 0.2) is 5.58 Å². The van der Waals surface area contributed by atoms with E-state index in [0.717, 1.165) is 97.5 Å². The van der Waals surface area contributed by atoms with E-state index in [0.29, 0.717) is 11.8 Å². The predicted molar refractivity (Wildman–Crippen MR) is 360 cm³/mol. The van der Waals surface area contributed by atoms with E-state index in [4.69, 9.17) is 4.42 Å². The molecule has 0 atom stereocenters. The van der Waals surface area contributed by atoms with Crippen LogP contribution in [0, 0.1) is 20.8 Å². The third kappa shape index (κ3) is 9.12. The number of phenols is 1. The Hall–Kier alpha value is -9.12. The minimum Gasteiger partial charge on any atom is -0.505 e. The summed E-state index contributed by atoms with van der Waals surface area (Å²) < 4.78 is 7.40. The summed E-state index contributed by atoms with van der Waals surface area (Å²) in [7, 11) is 0. The van der Waals surface area contributed by atoms with Crippen LogP contribution in [0.5, 0.6) is 5.75 Å². The summed E-state index contributed by atoms with van der Waals surface area (Å²) >= 11 is 0. The molecular weight excluding hydrogens is 1030 g/mol. The van der Waals surface area contributed by atoms with E-state index in [2.05, 4.69) is 250 Å². The van der Waals surface area contributed by atoms with E-state index in [1.165, 1.54) is 128 Å². The molecule has 0 unspecified atom stereocenters. The summed E-state index contributed by atoms with van der Waals surface area (Å²) in [5, 5.41) is 23.1. The molecule has 0 bridgehead atoms. The molecule has 2 fully saturated rings. The second-order valence-corrected chi connectivity index (χ2v) is 24.6. The molecule has 4 nitrogen and oxygen atoms in total. The van der Waals surface area contributed by atoms with Gasteiger partial charge in [-0.05, 0) is 196 Å². The first-order chi connectivity index (χ1) is 41.8. The molecule has 0 amide bonds. The molecule has 12 aromatic carbocycles. The van der Waals surface area contributed by atoms with Crippen molar-refractivity contribution in [2.75, 3.05) is 9.80 Å². The Labute approximate surface area is 500 Å². The number of fused-ring (bicyclic) bond motifs is 3. The molecular formula is C81H72N2O2. The van der Waals surface area contributed by atoms with Crippen LogP contribution in [0.4, 0.5) is 34.1 Å². The highest BCUT2D eigenvalue weighted by Crippen LogP contribution is 2.55. The van der Waals surface area contributed by atoms with Gasteiger partial charge in [0, 0.05) is 44.0 Å². The van der Waals surface area contributed by atoms with Gasteiger partial charge in [0.2, 0.25) is 0 Å². The average molecular weight is 1110 g/mol. The molecule has 13 aromatic rings. The maximum absolute atomic E-state index is 13.2. The molecule has 4 heteroatoms. The van der Waals surface area contributed by atoms with Gasteiger partial charge in [-0.2, -0.15) is 0 Å². The van der Waals surface area contributed by atoms with E-state index in [-0.39, 0.29) is 5.75 Å². The second kappa shape index (κ2) is 21.8. The number of anilines is 6. The van der Waals surface area contributed by atoms with E-state index in [1.54, 1.807) is 0 Å². The lowest BCUT2D eigenvalue weighted by Gasteiger charge is -2.33. The second-order valence-electron chi connectivity index (χ2n) is 24.6. The zero-order valence-electron chi connectivity index (χ0n) is 49.4. The van der Waals surface area contributed by atoms with Crippen molar-refractivity contribution in [3.8, 4) is 39.1 Å². The van der Waals surface area contributed by atoms with Crippen LogP contribution in [-0.4, -0.2) is 5.11 Å². The molecule has 0 aliphatic heterocycles. The highest BCUT2D eigenvalue weighted by atomic mass is 16.3. The zero-order valence-corrected chi connectivity index (χ0v) is 49.4. The summed E-state index contributed by atoms with van der Waals surface area (Å²) in [5.74, 6) is 1.06. The lowest BCUT2D eigenvalue weighted by atomic mass is 9.77. The van der Waals surface area contributed by atoms with Crippen molar-refractivity contribution in [2.24, 2.45) is 0 Å². The van der Waals surface area contributed by atoms with Crippen molar-refractivity contribution in [3.05, 3.63) is 246 Å². The normalized spacial score (nSPS) is 14.4. The van der Waals surface area contributed by atoms with Gasteiger partial charge in [-0.25, -0.2) is 0 Å². The van der Waals surface area contributed by atoms with Crippen molar-refractivity contribution in [2.45, 2.75) is 110 Å². The van der Waals surface area contributed by atoms with Gasteiger partial charge in [-0.15, -0.1) is 0 Å². The lowest BCUT2D eigenvalue weighted by molar-refractivity contribution is 0.445. The van der Waals surface area contributed by atoms with Gasteiger partial charge >= 0.3 is 0 Å². The lowest BCUT2D eigenvalue weighted by Crippen LogP contribution is -2.15. The third-order valence-electron chi connectivity index (χ3n) is 19.4. The van der Waals surface area contributed by atoms with Gasteiger partial charge in [-0.3, -0.25) is 0 Å². The topological polar surface area (TPSA) is 39.9 Å². The highest BCUT2D eigenvalue weighted by Gasteiger charge is 2.31. The largest absolute Gasteiger partial charge is 0.505 e. The molecule has 2 aliphatic carbocycles. The molecule has 2 aliphatic rings. The van der Waals surface area contributed by atoms with E-state index >= 15 is 0 Å². The molecule has 2 saturated carbocycles. The van der Waals surface area contributed by atoms with Crippen molar-refractivity contribution in [3.63, 3.8) is 0 Å². The first-order valence-electron chi connectivity index (χ1n) is 31.3. The molecule has 1 N–H and O–H groups in total. The molecule has 1 aromatic heterocycles. The van der Waals surface area contributed by atoms with Gasteiger partial charge in [0.05, 0.1) is 22.7 Å². The highest BCUT2D eigenvalue weighted by molar-refractivity contribution is 6.30. The first-order valence-corrected chi connectivity index (χ1v) is 31.3. The molecule has 0 radical (unpaired) electrons. The number of rotatable bonds is 12. The minimum atomic E-state index is 0.258. The number of aryl methyl sites for hydroxylation is 4. The summed E-state index contributed by atoms with van der Waals surface area (Å²) in [6.45, 7) is 8.80. The zero-order chi connectivity index (χ0) is 57.3. The Kier molecular flexibility index (Phi) is 13.5. The van der Waals surface area contributed by atoms with Gasteiger partial charge in [0.1, 0.15) is 11.3 Å². The summed E-state index contributed by atoms with van der Waals surface area (Å²) in [6, 6.07) is 78.6. The fraction of sp³-hybridized carbons (Fsp3) is 0.210. The minimum absolute atomic E-state index is 0.258. The smallest absolute Gasteiger partial charge is 0.159 e. The number of benzene rings is 12. The summed E-state index contributed by atoms with van der Waals surface area (Å²) in [5.41, 5.74) is 22.1. The monoisotopic (exact) mass is 1100 g/mol. The molecule has 1 heterocycles. The fourth-order valence-corrected chi connectivity index (χ4v) is 15.1. The molecule has 0 saturated heterocycles. The first kappa shape index (κ1) is 52.7. The van der Waals surface area contributed by atoms with Crippen LogP contribution in [0.2, 0.25) is 0 Å². The number of hydrogen-bond donors (Lipinski definition) is 1.